The molecular formula is C24H24BrN3O4. The molecule has 0 radical (unpaired) electrons. The summed E-state index contributed by atoms with van der Waals surface area (Å²) < 4.78 is 11.8. The Kier molecular flexibility index (Phi) is 7.83. The molecule has 0 saturated heterocycles. The molecule has 7 nitrogen and oxygen atoms in total. The van der Waals surface area contributed by atoms with Gasteiger partial charge in [-0.25, -0.2) is 5.43 Å². The lowest BCUT2D eigenvalue weighted by Crippen LogP contribution is -2.43. The Morgan fingerprint density at radius 1 is 1.16 bits per heavy atom. The number of benzene rings is 2. The maximum atomic E-state index is 12.2. The van der Waals surface area contributed by atoms with Crippen LogP contribution in [0.5, 0.6) is 5.75 Å². The number of hydrogen-bond donors (Lipinski definition) is 2. The lowest BCUT2D eigenvalue weighted by atomic mass is 10.1. The Bertz CT molecular complexity index is 1120. The number of hydrazone groups is 1. The minimum Gasteiger partial charge on any atom is -0.497 e. The fourth-order valence-corrected chi connectivity index (χ4v) is 3.62. The van der Waals surface area contributed by atoms with E-state index in [0.29, 0.717) is 11.5 Å². The van der Waals surface area contributed by atoms with Crippen LogP contribution < -0.4 is 15.5 Å². The summed E-state index contributed by atoms with van der Waals surface area (Å²) in [4.78, 5) is 24.4. The van der Waals surface area contributed by atoms with E-state index in [4.69, 9.17) is 9.15 Å². The van der Waals surface area contributed by atoms with E-state index in [-0.39, 0.29) is 12.3 Å². The van der Waals surface area contributed by atoms with Crippen LogP contribution >= 0.6 is 15.9 Å². The summed E-state index contributed by atoms with van der Waals surface area (Å²) >= 11 is 3.54. The minimum absolute atomic E-state index is 0.161. The molecule has 1 atom stereocenters. The van der Waals surface area contributed by atoms with Crippen molar-refractivity contribution in [2.75, 3.05) is 7.11 Å². The number of carbonyl (C=O) groups is 2. The van der Waals surface area contributed by atoms with E-state index in [2.05, 4.69) is 31.8 Å². The third-order valence-corrected chi connectivity index (χ3v) is 5.33. The van der Waals surface area contributed by atoms with Crippen molar-refractivity contribution in [1.29, 1.82) is 0 Å². The summed E-state index contributed by atoms with van der Waals surface area (Å²) in [5, 5.41) is 6.58. The second-order valence-corrected chi connectivity index (χ2v) is 8.09. The zero-order valence-electron chi connectivity index (χ0n) is 18.0. The van der Waals surface area contributed by atoms with Gasteiger partial charge in [-0.15, -0.1) is 0 Å². The van der Waals surface area contributed by atoms with Crippen LogP contribution in [0.25, 0.3) is 11.3 Å². The fourth-order valence-electron chi connectivity index (χ4n) is 2.93. The highest BCUT2D eigenvalue weighted by Gasteiger charge is 2.15. The normalized spacial score (nSPS) is 11.9. The monoisotopic (exact) mass is 497 g/mol. The van der Waals surface area contributed by atoms with Gasteiger partial charge in [0.1, 0.15) is 23.3 Å². The van der Waals surface area contributed by atoms with Crippen molar-refractivity contribution in [1.82, 2.24) is 10.7 Å². The van der Waals surface area contributed by atoms with Crippen LogP contribution in [0.4, 0.5) is 0 Å². The molecule has 0 saturated carbocycles. The molecule has 8 heteroatoms. The van der Waals surface area contributed by atoms with Crippen molar-refractivity contribution in [3.05, 3.63) is 76.0 Å². The first kappa shape index (κ1) is 23.3. The topological polar surface area (TPSA) is 92.9 Å². The lowest BCUT2D eigenvalue weighted by Gasteiger charge is -2.12. The Balaban J connectivity index is 1.50. The number of methoxy groups -OCH3 is 1. The summed E-state index contributed by atoms with van der Waals surface area (Å²) in [7, 11) is 1.58. The number of furan rings is 1. The van der Waals surface area contributed by atoms with Gasteiger partial charge in [0.05, 0.1) is 19.7 Å². The summed E-state index contributed by atoms with van der Waals surface area (Å²) in [5.41, 5.74) is 5.30. The Labute approximate surface area is 195 Å². The molecule has 0 unspecified atom stereocenters. The van der Waals surface area contributed by atoms with Crippen LogP contribution in [0.3, 0.4) is 0 Å². The van der Waals surface area contributed by atoms with Crippen LogP contribution in [-0.4, -0.2) is 31.2 Å². The molecule has 0 aliphatic rings. The van der Waals surface area contributed by atoms with Crippen molar-refractivity contribution >= 4 is 34.0 Å². The third kappa shape index (κ3) is 6.31. The zero-order valence-corrected chi connectivity index (χ0v) is 19.6. The van der Waals surface area contributed by atoms with E-state index >= 15 is 0 Å². The fraction of sp³-hybridized carbons (Fsp3) is 0.208. The molecule has 0 fully saturated rings. The largest absolute Gasteiger partial charge is 0.497 e. The van der Waals surface area contributed by atoms with Crippen molar-refractivity contribution in [3.8, 4) is 17.1 Å². The van der Waals surface area contributed by atoms with Gasteiger partial charge in [0.25, 0.3) is 5.91 Å². The van der Waals surface area contributed by atoms with Gasteiger partial charge < -0.3 is 14.5 Å². The van der Waals surface area contributed by atoms with Crippen LogP contribution in [-0.2, 0) is 16.0 Å². The number of carbonyl (C=O) groups excluding carboxylic acids is 2. The van der Waals surface area contributed by atoms with Gasteiger partial charge in [-0.05, 0) is 61.4 Å². The number of ether oxygens (including phenoxy) is 1. The zero-order chi connectivity index (χ0) is 23.1. The molecule has 1 aromatic heterocycles. The number of nitrogens with one attached hydrogen (secondary N) is 2. The SMILES string of the molecule is COc1ccc(CC(=O)N[C@@H](C)C(=O)N/N=C\c2ccc(-c3ccc(C)cc3Br)o2)cc1. The summed E-state index contributed by atoms with van der Waals surface area (Å²) in [6.45, 7) is 3.61. The Morgan fingerprint density at radius 2 is 1.91 bits per heavy atom. The van der Waals surface area contributed by atoms with Gasteiger partial charge in [-0.1, -0.05) is 34.1 Å². The third-order valence-electron chi connectivity index (χ3n) is 4.68. The molecule has 166 valence electrons. The highest BCUT2D eigenvalue weighted by molar-refractivity contribution is 9.10. The predicted molar refractivity (Wildman–Crippen MR) is 127 cm³/mol. The maximum Gasteiger partial charge on any atom is 0.262 e. The molecule has 2 N–H and O–H groups in total. The first-order chi connectivity index (χ1) is 15.4. The number of aryl methyl sites for hydroxylation is 1. The number of nitrogens with zero attached hydrogens (tertiary/aromatic N) is 1. The second-order valence-electron chi connectivity index (χ2n) is 7.23. The quantitative estimate of drug-likeness (QED) is 0.359. The standard InChI is InChI=1S/C24H24BrN3O4/c1-15-4-10-20(21(25)12-15)22-11-9-19(32-22)14-26-28-24(30)16(2)27-23(29)13-17-5-7-18(31-3)8-6-17/h4-12,14,16H,13H2,1-3H3,(H,27,29)(H,28,30)/b26-14-/t16-/m0/s1. The first-order valence-electron chi connectivity index (χ1n) is 9.97. The Morgan fingerprint density at radius 3 is 2.59 bits per heavy atom. The molecule has 0 aliphatic heterocycles. The van der Waals surface area contributed by atoms with Gasteiger partial charge >= 0.3 is 0 Å². The van der Waals surface area contributed by atoms with Crippen LogP contribution in [0.2, 0.25) is 0 Å². The van der Waals surface area contributed by atoms with Gasteiger partial charge in [0.2, 0.25) is 5.91 Å². The summed E-state index contributed by atoms with van der Waals surface area (Å²) in [6.07, 6.45) is 1.57. The smallest absolute Gasteiger partial charge is 0.262 e. The van der Waals surface area contributed by atoms with Crippen LogP contribution in [0, 0.1) is 6.92 Å². The van der Waals surface area contributed by atoms with Gasteiger partial charge in [-0.3, -0.25) is 9.59 Å². The molecule has 2 amide bonds. The molecule has 32 heavy (non-hydrogen) atoms. The summed E-state index contributed by atoms with van der Waals surface area (Å²) in [5.74, 6) is 1.20. The van der Waals surface area contributed by atoms with Gasteiger partial charge in [0, 0.05) is 10.0 Å². The number of rotatable bonds is 8. The average molecular weight is 498 g/mol. The Hall–Kier alpha value is -3.39. The predicted octanol–water partition coefficient (Wildman–Crippen LogP) is 4.22. The van der Waals surface area contributed by atoms with Crippen LogP contribution in [0.1, 0.15) is 23.8 Å². The van der Waals surface area contributed by atoms with Crippen LogP contribution in [0.15, 0.2) is 68.6 Å². The van der Waals surface area contributed by atoms with Crippen molar-refractivity contribution in [3.63, 3.8) is 0 Å². The molecule has 3 aromatic rings. The molecular weight excluding hydrogens is 474 g/mol. The van der Waals surface area contributed by atoms with Gasteiger partial charge in [-0.2, -0.15) is 5.10 Å². The highest BCUT2D eigenvalue weighted by atomic mass is 79.9. The molecule has 0 bridgehead atoms. The highest BCUT2D eigenvalue weighted by Crippen LogP contribution is 2.30. The van der Waals surface area contributed by atoms with E-state index in [0.717, 1.165) is 26.9 Å². The van der Waals surface area contributed by atoms with E-state index in [1.165, 1.54) is 6.21 Å². The number of amides is 2. The van der Waals surface area contributed by atoms with E-state index in [1.54, 1.807) is 44.4 Å². The van der Waals surface area contributed by atoms with Crippen molar-refractivity contribution in [2.24, 2.45) is 5.10 Å². The molecule has 0 spiro atoms. The van der Waals surface area contributed by atoms with Crippen molar-refractivity contribution < 1.29 is 18.7 Å². The number of halogens is 1. The van der Waals surface area contributed by atoms with Gasteiger partial charge in [0.15, 0.2) is 0 Å². The second kappa shape index (κ2) is 10.8. The van der Waals surface area contributed by atoms with Crippen molar-refractivity contribution in [2.45, 2.75) is 26.3 Å². The molecule has 0 aliphatic carbocycles. The van der Waals surface area contributed by atoms with E-state index in [1.807, 2.05) is 31.2 Å². The number of hydrogen-bond acceptors (Lipinski definition) is 5. The van der Waals surface area contributed by atoms with E-state index in [9.17, 15) is 9.59 Å². The van der Waals surface area contributed by atoms with E-state index < -0.39 is 11.9 Å². The molecule has 1 heterocycles. The minimum atomic E-state index is -0.742. The first-order valence-corrected chi connectivity index (χ1v) is 10.8. The summed E-state index contributed by atoms with van der Waals surface area (Å²) in [6, 6.07) is 16.0. The maximum absolute atomic E-state index is 12.2. The lowest BCUT2D eigenvalue weighted by molar-refractivity contribution is -0.128. The average Bonchev–Trinajstić information content (AvgIpc) is 3.22. The molecule has 3 rings (SSSR count). The molecule has 2 aromatic carbocycles.